The van der Waals surface area contributed by atoms with E-state index in [0.29, 0.717) is 22.3 Å². The molecule has 0 bridgehead atoms. The largest absolute Gasteiger partial charge is 0.360 e. The number of carbonyl (C=O) groups excluding carboxylic acids is 2. The highest BCUT2D eigenvalue weighted by atomic mass is 32.2. The van der Waals surface area contributed by atoms with E-state index in [2.05, 4.69) is 20.6 Å². The van der Waals surface area contributed by atoms with Crippen molar-refractivity contribution in [2.75, 3.05) is 12.0 Å². The number of rotatable bonds is 8. The summed E-state index contributed by atoms with van der Waals surface area (Å²) in [5, 5.41) is 0.716. The second-order valence-corrected chi connectivity index (χ2v) is 10.1. The van der Waals surface area contributed by atoms with Crippen molar-refractivity contribution in [2.45, 2.75) is 31.2 Å². The number of fused-ring (bicyclic) bond motifs is 1. The first-order valence-corrected chi connectivity index (χ1v) is 12.9. The topological polar surface area (TPSA) is 120 Å². The van der Waals surface area contributed by atoms with Gasteiger partial charge in [-0.1, -0.05) is 30.3 Å². The average Bonchev–Trinajstić information content (AvgIpc) is 3.20. The highest BCUT2D eigenvalue weighted by molar-refractivity contribution is 7.98. The highest BCUT2D eigenvalue weighted by Crippen LogP contribution is 2.18. The Morgan fingerprint density at radius 2 is 1.84 bits per heavy atom. The van der Waals surface area contributed by atoms with E-state index < -0.39 is 27.9 Å². The fraction of sp³-hybridized carbons (Fsp3) is 0.273. The molecule has 3 rings (SSSR count). The first-order chi connectivity index (χ1) is 15.2. The minimum absolute atomic E-state index is 0.127. The first-order valence-electron chi connectivity index (χ1n) is 9.98. The summed E-state index contributed by atoms with van der Waals surface area (Å²) in [5.74, 6) is -0.581. The third-order valence-corrected chi connectivity index (χ3v) is 7.25. The number of carbonyl (C=O) groups is 2. The Kier molecular flexibility index (Phi) is 7.60. The zero-order valence-corrected chi connectivity index (χ0v) is 19.7. The molecule has 1 aromatic heterocycles. The number of hydrazine groups is 1. The van der Waals surface area contributed by atoms with Gasteiger partial charge in [0.25, 0.3) is 11.8 Å². The van der Waals surface area contributed by atoms with Crippen LogP contribution in [0.25, 0.3) is 10.9 Å². The molecule has 0 aliphatic heterocycles. The van der Waals surface area contributed by atoms with E-state index in [1.54, 1.807) is 38.2 Å². The number of hydrogen-bond donors (Lipinski definition) is 4. The smallest absolute Gasteiger partial charge is 0.271 e. The van der Waals surface area contributed by atoms with Gasteiger partial charge in [-0.05, 0) is 55.5 Å². The fourth-order valence-corrected chi connectivity index (χ4v) is 5.29. The lowest BCUT2D eigenvalue weighted by Crippen LogP contribution is -2.52. The predicted molar refractivity (Wildman–Crippen MR) is 127 cm³/mol. The van der Waals surface area contributed by atoms with Gasteiger partial charge in [-0.2, -0.15) is 16.5 Å². The van der Waals surface area contributed by atoms with Crippen molar-refractivity contribution in [1.82, 2.24) is 20.6 Å². The summed E-state index contributed by atoms with van der Waals surface area (Å²) >= 11 is 1.49. The van der Waals surface area contributed by atoms with Gasteiger partial charge in [-0.3, -0.25) is 20.4 Å². The molecule has 1 unspecified atom stereocenters. The lowest BCUT2D eigenvalue weighted by Gasteiger charge is -2.19. The Hall–Kier alpha value is -2.82. The third kappa shape index (κ3) is 5.50. The van der Waals surface area contributed by atoms with Gasteiger partial charge in [0.05, 0.1) is 10.5 Å². The maximum atomic E-state index is 13.0. The van der Waals surface area contributed by atoms with E-state index in [1.807, 2.05) is 30.5 Å². The van der Waals surface area contributed by atoms with Crippen molar-refractivity contribution in [1.29, 1.82) is 0 Å². The zero-order chi connectivity index (χ0) is 23.3. The zero-order valence-electron chi connectivity index (χ0n) is 18.1. The monoisotopic (exact) mass is 474 g/mol. The SMILES string of the molecule is CSCCC(NS(=O)(=O)c1cc(C)ccc1C)C(=O)NNC(=O)c1c[nH]c2ccccc12. The average molecular weight is 475 g/mol. The fourth-order valence-electron chi connectivity index (χ4n) is 3.26. The molecule has 0 aliphatic carbocycles. The molecule has 32 heavy (non-hydrogen) atoms. The van der Waals surface area contributed by atoms with Gasteiger partial charge >= 0.3 is 0 Å². The molecule has 0 aliphatic rings. The van der Waals surface area contributed by atoms with Gasteiger partial charge in [0.1, 0.15) is 6.04 Å². The lowest BCUT2D eigenvalue weighted by molar-refractivity contribution is -0.123. The van der Waals surface area contributed by atoms with Crippen molar-refractivity contribution in [2.24, 2.45) is 0 Å². The van der Waals surface area contributed by atoms with Crippen LogP contribution in [0.1, 0.15) is 27.9 Å². The minimum Gasteiger partial charge on any atom is -0.360 e. The number of amides is 2. The lowest BCUT2D eigenvalue weighted by atomic mass is 10.2. The molecular weight excluding hydrogens is 448 g/mol. The third-order valence-electron chi connectivity index (χ3n) is 4.99. The molecule has 0 spiro atoms. The van der Waals surface area contributed by atoms with E-state index in [-0.39, 0.29) is 11.3 Å². The van der Waals surface area contributed by atoms with Crippen LogP contribution >= 0.6 is 11.8 Å². The maximum absolute atomic E-state index is 13.0. The number of H-pyrrole nitrogens is 1. The number of aromatic amines is 1. The number of aromatic nitrogens is 1. The standard InChI is InChI=1S/C22H26N4O4S2/c1-14-8-9-15(2)20(12-14)32(29,30)26-19(10-11-31-3)22(28)25-24-21(27)17-13-23-18-7-5-4-6-16(17)18/h4-9,12-13,19,23,26H,10-11H2,1-3H3,(H,24,27)(H,25,28). The molecule has 2 amide bonds. The summed E-state index contributed by atoms with van der Waals surface area (Å²) in [6, 6.07) is 11.4. The van der Waals surface area contributed by atoms with Crippen molar-refractivity contribution in [3.05, 3.63) is 65.4 Å². The van der Waals surface area contributed by atoms with Crippen LogP contribution in [-0.4, -0.2) is 43.3 Å². The molecule has 4 N–H and O–H groups in total. The molecule has 1 atom stereocenters. The number of hydrogen-bond acceptors (Lipinski definition) is 5. The molecule has 0 saturated carbocycles. The molecule has 170 valence electrons. The van der Waals surface area contributed by atoms with E-state index in [0.717, 1.165) is 11.1 Å². The van der Waals surface area contributed by atoms with Crippen LogP contribution in [0, 0.1) is 13.8 Å². The molecule has 1 heterocycles. The number of nitrogens with one attached hydrogen (secondary N) is 4. The van der Waals surface area contributed by atoms with Crippen LogP contribution in [-0.2, 0) is 14.8 Å². The van der Waals surface area contributed by atoms with Gasteiger partial charge in [-0.25, -0.2) is 8.42 Å². The molecular formula is C22H26N4O4S2. The maximum Gasteiger partial charge on any atom is 0.271 e. The Morgan fingerprint density at radius 1 is 1.09 bits per heavy atom. The number of para-hydroxylation sites is 1. The quantitative estimate of drug-likeness (QED) is 0.374. The molecule has 3 aromatic rings. The van der Waals surface area contributed by atoms with Gasteiger partial charge in [0.2, 0.25) is 10.0 Å². The first kappa shape index (κ1) is 23.8. The van der Waals surface area contributed by atoms with Crippen LogP contribution in [0.4, 0.5) is 0 Å². The summed E-state index contributed by atoms with van der Waals surface area (Å²) in [6.45, 7) is 3.50. The van der Waals surface area contributed by atoms with Gasteiger partial charge in [-0.15, -0.1) is 0 Å². The Morgan fingerprint density at radius 3 is 2.59 bits per heavy atom. The molecule has 2 aromatic carbocycles. The summed E-state index contributed by atoms with van der Waals surface area (Å²) < 4.78 is 28.4. The highest BCUT2D eigenvalue weighted by Gasteiger charge is 2.27. The van der Waals surface area contributed by atoms with Crippen molar-refractivity contribution < 1.29 is 18.0 Å². The molecule has 0 saturated heterocycles. The Balaban J connectivity index is 1.73. The number of aryl methyl sites for hydroxylation is 2. The summed E-state index contributed by atoms with van der Waals surface area (Å²) in [4.78, 5) is 28.5. The van der Waals surface area contributed by atoms with E-state index in [1.165, 1.54) is 11.8 Å². The van der Waals surface area contributed by atoms with Crippen LogP contribution < -0.4 is 15.6 Å². The number of sulfonamides is 1. The van der Waals surface area contributed by atoms with Crippen LogP contribution in [0.15, 0.2) is 53.6 Å². The summed E-state index contributed by atoms with van der Waals surface area (Å²) in [6.07, 6.45) is 3.69. The van der Waals surface area contributed by atoms with Crippen molar-refractivity contribution in [3.8, 4) is 0 Å². The molecule has 10 heteroatoms. The minimum atomic E-state index is -3.94. The van der Waals surface area contributed by atoms with Crippen LogP contribution in [0.5, 0.6) is 0 Å². The van der Waals surface area contributed by atoms with Gasteiger partial charge < -0.3 is 4.98 Å². The normalized spacial score (nSPS) is 12.5. The van der Waals surface area contributed by atoms with Crippen LogP contribution in [0.3, 0.4) is 0 Å². The Bertz CT molecular complexity index is 1240. The molecule has 0 fully saturated rings. The van der Waals surface area contributed by atoms with E-state index in [4.69, 9.17) is 0 Å². The number of thioether (sulfide) groups is 1. The van der Waals surface area contributed by atoms with Gasteiger partial charge in [0, 0.05) is 17.1 Å². The van der Waals surface area contributed by atoms with E-state index in [9.17, 15) is 18.0 Å². The Labute approximate surface area is 191 Å². The summed E-state index contributed by atoms with van der Waals surface area (Å²) in [7, 11) is -3.94. The van der Waals surface area contributed by atoms with E-state index >= 15 is 0 Å². The van der Waals surface area contributed by atoms with Crippen molar-refractivity contribution in [3.63, 3.8) is 0 Å². The second kappa shape index (κ2) is 10.2. The second-order valence-electron chi connectivity index (χ2n) is 7.42. The molecule has 8 nitrogen and oxygen atoms in total. The van der Waals surface area contributed by atoms with Gasteiger partial charge in [0.15, 0.2) is 0 Å². The number of benzene rings is 2. The van der Waals surface area contributed by atoms with Crippen molar-refractivity contribution >= 4 is 44.5 Å². The molecule has 0 radical (unpaired) electrons. The predicted octanol–water partition coefficient (Wildman–Crippen LogP) is 2.65. The summed E-state index contributed by atoms with van der Waals surface area (Å²) in [5.41, 5.74) is 7.28. The van der Waals surface area contributed by atoms with Crippen LogP contribution in [0.2, 0.25) is 0 Å².